The van der Waals surface area contributed by atoms with E-state index in [0.29, 0.717) is 0 Å². The summed E-state index contributed by atoms with van der Waals surface area (Å²) in [5.74, 6) is 0. The smallest absolute Gasteiger partial charge is 0.411 e. The lowest BCUT2D eigenvalue weighted by atomic mass is 9.77. The van der Waals surface area contributed by atoms with E-state index in [1.54, 1.807) is 34.7 Å². The molecular weight excluding hydrogens is 290 g/mol. The molecule has 1 amide bonds. The highest BCUT2D eigenvalue weighted by Gasteiger charge is 2.39. The van der Waals surface area contributed by atoms with Gasteiger partial charge in [0.25, 0.3) is 0 Å². The van der Waals surface area contributed by atoms with Crippen LogP contribution < -0.4 is 0 Å². The van der Waals surface area contributed by atoms with Gasteiger partial charge in [0, 0.05) is 7.05 Å². The maximum absolute atomic E-state index is 12.4. The number of rotatable bonds is 3. The molecule has 0 radical (unpaired) electrons. The molecule has 128 valence electrons. The van der Waals surface area contributed by atoms with Gasteiger partial charge in [-0.2, -0.15) is 0 Å². The first-order valence-corrected chi connectivity index (χ1v) is 7.86. The molecule has 0 aliphatic heterocycles. The molecule has 0 aromatic heterocycles. The van der Waals surface area contributed by atoms with Gasteiger partial charge in [-0.05, 0) is 44.2 Å². The molecule has 1 aromatic rings. The summed E-state index contributed by atoms with van der Waals surface area (Å²) >= 11 is 0. The van der Waals surface area contributed by atoms with E-state index in [9.17, 15) is 9.59 Å². The molecule has 0 spiro atoms. The van der Waals surface area contributed by atoms with Crippen LogP contribution in [0, 0.1) is 0 Å². The third-order valence-electron chi connectivity index (χ3n) is 3.87. The van der Waals surface area contributed by atoms with Crippen LogP contribution in [-0.4, -0.2) is 29.9 Å². The zero-order chi connectivity index (χ0) is 18.1. The second kappa shape index (κ2) is 6.34. The molecule has 1 unspecified atom stereocenters. The van der Waals surface area contributed by atoms with Crippen molar-refractivity contribution in [2.75, 3.05) is 7.05 Å². The molecule has 0 N–H and O–H groups in total. The average molecular weight is 319 g/mol. The van der Waals surface area contributed by atoms with Gasteiger partial charge in [0.15, 0.2) is 0 Å². The maximum atomic E-state index is 12.4. The fourth-order valence-corrected chi connectivity index (χ4v) is 2.42. The normalized spacial score (nSPS) is 14.8. The molecule has 23 heavy (non-hydrogen) atoms. The zero-order valence-corrected chi connectivity index (χ0v) is 15.6. The Hall–Kier alpha value is -1.84. The van der Waals surface area contributed by atoms with Crippen molar-refractivity contribution in [1.29, 1.82) is 0 Å². The van der Waals surface area contributed by atoms with Gasteiger partial charge < -0.3 is 9.53 Å². The molecule has 0 aliphatic rings. The predicted molar refractivity (Wildman–Crippen MR) is 92.6 cm³/mol. The van der Waals surface area contributed by atoms with Crippen LogP contribution in [0.5, 0.6) is 0 Å². The van der Waals surface area contributed by atoms with E-state index < -0.39 is 17.2 Å². The summed E-state index contributed by atoms with van der Waals surface area (Å²) in [5.41, 5.74) is 0.00132. The SMILES string of the molecule is CN(C(=O)OC(C)(C)C)C(C)(C=O)c1ccccc1C(C)(C)C. The molecular formula is C19H29NO3. The Bertz CT molecular complexity index is 581. The van der Waals surface area contributed by atoms with Crippen molar-refractivity contribution in [3.05, 3.63) is 35.4 Å². The Balaban J connectivity index is 3.36. The second-order valence-corrected chi connectivity index (χ2v) is 8.10. The van der Waals surface area contributed by atoms with Crippen molar-refractivity contribution in [2.45, 2.75) is 65.0 Å². The van der Waals surface area contributed by atoms with Crippen molar-refractivity contribution < 1.29 is 14.3 Å². The standard InChI is InChI=1S/C19H29NO3/c1-17(2,3)14-11-9-10-12-15(14)19(7,13-21)20(8)16(22)23-18(4,5)6/h9-13H,1-8H3. The minimum atomic E-state index is -1.09. The minimum absolute atomic E-state index is 0.143. The first-order valence-electron chi connectivity index (χ1n) is 7.86. The van der Waals surface area contributed by atoms with Crippen LogP contribution in [0.15, 0.2) is 24.3 Å². The van der Waals surface area contributed by atoms with Gasteiger partial charge >= 0.3 is 6.09 Å². The van der Waals surface area contributed by atoms with Gasteiger partial charge in [-0.25, -0.2) is 4.79 Å². The van der Waals surface area contributed by atoms with Gasteiger partial charge in [0.05, 0.1) is 0 Å². The number of ether oxygens (including phenoxy) is 1. The third kappa shape index (κ3) is 4.34. The van der Waals surface area contributed by atoms with E-state index in [2.05, 4.69) is 20.8 Å². The monoisotopic (exact) mass is 319 g/mol. The number of benzene rings is 1. The summed E-state index contributed by atoms with van der Waals surface area (Å²) < 4.78 is 5.42. The summed E-state index contributed by atoms with van der Waals surface area (Å²) in [6.45, 7) is 13.4. The summed E-state index contributed by atoms with van der Waals surface area (Å²) in [5, 5.41) is 0. The fourth-order valence-electron chi connectivity index (χ4n) is 2.42. The summed E-state index contributed by atoms with van der Waals surface area (Å²) in [6, 6.07) is 7.73. The van der Waals surface area contributed by atoms with Crippen molar-refractivity contribution in [3.63, 3.8) is 0 Å². The van der Waals surface area contributed by atoms with Crippen LogP contribution in [0.25, 0.3) is 0 Å². The van der Waals surface area contributed by atoms with Crippen molar-refractivity contribution in [1.82, 2.24) is 4.90 Å². The van der Waals surface area contributed by atoms with Crippen molar-refractivity contribution >= 4 is 12.4 Å². The molecule has 0 fully saturated rings. The molecule has 4 heteroatoms. The number of carbonyl (C=O) groups excluding carboxylic acids is 2. The van der Waals surface area contributed by atoms with Crippen LogP contribution in [0.4, 0.5) is 4.79 Å². The first-order chi connectivity index (χ1) is 10.3. The van der Waals surface area contributed by atoms with Crippen LogP contribution in [0.3, 0.4) is 0 Å². The van der Waals surface area contributed by atoms with Crippen molar-refractivity contribution in [3.8, 4) is 0 Å². The van der Waals surface area contributed by atoms with Crippen LogP contribution in [0.1, 0.15) is 59.6 Å². The zero-order valence-electron chi connectivity index (χ0n) is 15.6. The predicted octanol–water partition coefficient (Wildman–Crippen LogP) is 4.27. The van der Waals surface area contributed by atoms with Gasteiger partial charge in [0.1, 0.15) is 17.4 Å². The Morgan fingerprint density at radius 3 is 1.87 bits per heavy atom. The number of amides is 1. The highest BCUT2D eigenvalue weighted by atomic mass is 16.6. The van der Waals surface area contributed by atoms with Crippen molar-refractivity contribution in [2.24, 2.45) is 0 Å². The quantitative estimate of drug-likeness (QED) is 0.782. The lowest BCUT2D eigenvalue weighted by molar-refractivity contribution is -0.117. The number of likely N-dealkylation sites (N-methyl/N-ethyl adjacent to an activating group) is 1. The highest BCUT2D eigenvalue weighted by Crippen LogP contribution is 2.35. The third-order valence-corrected chi connectivity index (χ3v) is 3.87. The molecule has 1 aromatic carbocycles. The number of hydrogen-bond acceptors (Lipinski definition) is 3. The Morgan fingerprint density at radius 1 is 1.00 bits per heavy atom. The maximum Gasteiger partial charge on any atom is 0.411 e. The number of carbonyl (C=O) groups is 2. The summed E-state index contributed by atoms with van der Waals surface area (Å²) in [6.07, 6.45) is 0.289. The van der Waals surface area contributed by atoms with E-state index in [1.807, 2.05) is 24.3 Å². The summed E-state index contributed by atoms with van der Waals surface area (Å²) in [4.78, 5) is 25.8. The topological polar surface area (TPSA) is 46.6 Å². The van der Waals surface area contributed by atoms with Crippen LogP contribution in [-0.2, 0) is 20.5 Å². The van der Waals surface area contributed by atoms with Crippen LogP contribution >= 0.6 is 0 Å². The highest BCUT2D eigenvalue weighted by molar-refractivity contribution is 5.78. The molecule has 0 aliphatic carbocycles. The van der Waals surface area contributed by atoms with Gasteiger partial charge in [-0.3, -0.25) is 4.90 Å². The molecule has 0 saturated carbocycles. The number of hydrogen-bond donors (Lipinski definition) is 0. The lowest BCUT2D eigenvalue weighted by Crippen LogP contribution is -2.49. The Kier molecular flexibility index (Phi) is 5.30. The fraction of sp³-hybridized carbons (Fsp3) is 0.579. The molecule has 1 rings (SSSR count). The second-order valence-electron chi connectivity index (χ2n) is 8.10. The molecule has 0 saturated heterocycles. The Morgan fingerprint density at radius 2 is 1.48 bits per heavy atom. The van der Waals surface area contributed by atoms with Crippen LogP contribution in [0.2, 0.25) is 0 Å². The van der Waals surface area contributed by atoms with Gasteiger partial charge in [-0.15, -0.1) is 0 Å². The first kappa shape index (κ1) is 19.2. The van der Waals surface area contributed by atoms with E-state index in [1.165, 1.54) is 4.90 Å². The lowest BCUT2D eigenvalue weighted by Gasteiger charge is -2.38. The van der Waals surface area contributed by atoms with E-state index in [0.717, 1.165) is 17.4 Å². The number of nitrogens with zero attached hydrogens (tertiary/aromatic N) is 1. The largest absolute Gasteiger partial charge is 0.444 e. The van der Waals surface area contributed by atoms with Gasteiger partial charge in [0.2, 0.25) is 0 Å². The Labute approximate surface area is 139 Å². The minimum Gasteiger partial charge on any atom is -0.444 e. The molecule has 4 nitrogen and oxygen atoms in total. The van der Waals surface area contributed by atoms with E-state index in [4.69, 9.17) is 4.74 Å². The summed E-state index contributed by atoms with van der Waals surface area (Å²) in [7, 11) is 1.60. The van der Waals surface area contributed by atoms with E-state index in [-0.39, 0.29) is 5.41 Å². The molecule has 1 atom stereocenters. The number of aldehydes is 1. The van der Waals surface area contributed by atoms with Gasteiger partial charge in [-0.1, -0.05) is 45.0 Å². The molecule has 0 bridgehead atoms. The average Bonchev–Trinajstić information content (AvgIpc) is 2.43. The van der Waals surface area contributed by atoms with E-state index >= 15 is 0 Å². The molecule has 0 heterocycles.